The Labute approximate surface area is 92.7 Å². The maximum Gasteiger partial charge on any atom is 0.0192 e. The quantitative estimate of drug-likeness (QED) is 0.507. The van der Waals surface area contributed by atoms with Crippen molar-refractivity contribution in [2.45, 2.75) is 51.6 Å². The van der Waals surface area contributed by atoms with Gasteiger partial charge < -0.3 is 5.32 Å². The second-order valence-corrected chi connectivity index (χ2v) is 4.18. The average Bonchev–Trinajstić information content (AvgIpc) is 2.00. The van der Waals surface area contributed by atoms with Crippen molar-refractivity contribution < 1.29 is 0 Å². The molecular weight excluding hydrogens is 189 g/mol. The minimum absolute atomic E-state index is 0. The Hall–Kier alpha value is -0.130. The van der Waals surface area contributed by atoms with Gasteiger partial charge in [-0.3, -0.25) is 0 Å². The summed E-state index contributed by atoms with van der Waals surface area (Å²) in [5.74, 6) is 0. The van der Waals surface area contributed by atoms with Crippen LogP contribution < -0.4 is 5.32 Å². The van der Waals surface area contributed by atoms with E-state index in [0.29, 0.717) is 6.04 Å². The molecule has 0 aromatic heterocycles. The summed E-state index contributed by atoms with van der Waals surface area (Å²) in [5.41, 5.74) is 0.185. The predicted octanol–water partition coefficient (Wildman–Crippen LogP) is 3.34. The van der Waals surface area contributed by atoms with E-state index >= 15 is 0 Å². The molecule has 14 heavy (non-hydrogen) atoms. The molecule has 2 unspecified atom stereocenters. The SMILES string of the molecule is C=CCCC(C)(CC=C)NC(C)C.P. The highest BCUT2D eigenvalue weighted by Crippen LogP contribution is 2.18. The summed E-state index contributed by atoms with van der Waals surface area (Å²) < 4.78 is 0. The monoisotopic (exact) mass is 215 g/mol. The summed E-state index contributed by atoms with van der Waals surface area (Å²) in [6, 6.07) is 0.523. The van der Waals surface area contributed by atoms with Crippen LogP contribution in [0.25, 0.3) is 0 Å². The van der Waals surface area contributed by atoms with E-state index in [0.717, 1.165) is 19.3 Å². The van der Waals surface area contributed by atoms with Crippen molar-refractivity contribution in [3.05, 3.63) is 25.3 Å². The molecule has 2 heteroatoms. The van der Waals surface area contributed by atoms with E-state index in [-0.39, 0.29) is 15.4 Å². The molecule has 0 radical (unpaired) electrons. The molecule has 0 aliphatic rings. The van der Waals surface area contributed by atoms with Gasteiger partial charge in [0.25, 0.3) is 0 Å². The topological polar surface area (TPSA) is 12.0 Å². The van der Waals surface area contributed by atoms with E-state index in [4.69, 9.17) is 0 Å². The highest BCUT2D eigenvalue weighted by atomic mass is 31.0. The summed E-state index contributed by atoms with van der Waals surface area (Å²) in [7, 11) is 0. The van der Waals surface area contributed by atoms with Gasteiger partial charge >= 0.3 is 0 Å². The van der Waals surface area contributed by atoms with Gasteiger partial charge in [0, 0.05) is 11.6 Å². The van der Waals surface area contributed by atoms with Crippen LogP contribution in [0.5, 0.6) is 0 Å². The van der Waals surface area contributed by atoms with Gasteiger partial charge in [-0.15, -0.1) is 13.2 Å². The average molecular weight is 215 g/mol. The second kappa shape index (κ2) is 8.20. The van der Waals surface area contributed by atoms with Crippen LogP contribution in [0.1, 0.15) is 40.0 Å². The van der Waals surface area contributed by atoms with Crippen LogP contribution in [0.2, 0.25) is 0 Å². The van der Waals surface area contributed by atoms with Crippen molar-refractivity contribution in [3.63, 3.8) is 0 Å². The van der Waals surface area contributed by atoms with Crippen LogP contribution >= 0.6 is 9.90 Å². The van der Waals surface area contributed by atoms with Crippen LogP contribution in [0.4, 0.5) is 0 Å². The molecule has 1 nitrogen and oxygen atoms in total. The fourth-order valence-corrected chi connectivity index (χ4v) is 1.67. The van der Waals surface area contributed by atoms with Crippen LogP contribution in [0.3, 0.4) is 0 Å². The third-order valence-electron chi connectivity index (χ3n) is 2.13. The van der Waals surface area contributed by atoms with Crippen molar-refractivity contribution in [2.24, 2.45) is 0 Å². The van der Waals surface area contributed by atoms with Gasteiger partial charge in [0.1, 0.15) is 0 Å². The van der Waals surface area contributed by atoms with Crippen LogP contribution in [0, 0.1) is 0 Å². The molecule has 1 N–H and O–H groups in total. The number of allylic oxidation sites excluding steroid dienone is 1. The van der Waals surface area contributed by atoms with Crippen molar-refractivity contribution in [1.29, 1.82) is 0 Å². The standard InChI is InChI=1S/C12H23N.H3P/c1-6-8-10-12(5,9-7-2)13-11(3)4;/h6-7,11,13H,1-2,8-10H2,3-5H3;1H3. The zero-order chi connectivity index (χ0) is 10.3. The highest BCUT2D eigenvalue weighted by Gasteiger charge is 2.21. The Morgan fingerprint density at radius 1 is 1.29 bits per heavy atom. The summed E-state index contributed by atoms with van der Waals surface area (Å²) in [4.78, 5) is 0. The molecule has 0 aromatic rings. The van der Waals surface area contributed by atoms with Gasteiger partial charge in [-0.25, -0.2) is 0 Å². The lowest BCUT2D eigenvalue weighted by Crippen LogP contribution is -2.45. The lowest BCUT2D eigenvalue weighted by molar-refractivity contribution is 0.309. The first-order valence-corrected chi connectivity index (χ1v) is 5.03. The van der Waals surface area contributed by atoms with Crippen molar-refractivity contribution in [3.8, 4) is 0 Å². The Balaban J connectivity index is 0. The lowest BCUT2D eigenvalue weighted by atomic mass is 9.91. The fourth-order valence-electron chi connectivity index (χ4n) is 1.67. The van der Waals surface area contributed by atoms with E-state index in [9.17, 15) is 0 Å². The zero-order valence-electron chi connectivity index (χ0n) is 9.97. The van der Waals surface area contributed by atoms with E-state index in [1.54, 1.807) is 0 Å². The van der Waals surface area contributed by atoms with Gasteiger partial charge in [0.15, 0.2) is 0 Å². The fraction of sp³-hybridized carbons (Fsp3) is 0.667. The summed E-state index contributed by atoms with van der Waals surface area (Å²) in [5, 5.41) is 3.57. The van der Waals surface area contributed by atoms with E-state index in [2.05, 4.69) is 39.2 Å². The van der Waals surface area contributed by atoms with Crippen molar-refractivity contribution in [2.75, 3.05) is 0 Å². The minimum Gasteiger partial charge on any atom is -0.309 e. The zero-order valence-corrected chi connectivity index (χ0v) is 11.4. The van der Waals surface area contributed by atoms with E-state index in [1.807, 2.05) is 12.2 Å². The van der Waals surface area contributed by atoms with Crippen LogP contribution in [-0.2, 0) is 0 Å². The highest BCUT2D eigenvalue weighted by molar-refractivity contribution is 6.92. The molecule has 0 saturated carbocycles. The molecule has 84 valence electrons. The summed E-state index contributed by atoms with van der Waals surface area (Å²) in [6.45, 7) is 14.1. The largest absolute Gasteiger partial charge is 0.309 e. The van der Waals surface area contributed by atoms with E-state index < -0.39 is 0 Å². The first-order chi connectivity index (χ1) is 6.04. The number of nitrogens with one attached hydrogen (secondary N) is 1. The molecule has 0 bridgehead atoms. The Bertz CT molecular complexity index is 166. The van der Waals surface area contributed by atoms with E-state index in [1.165, 1.54) is 0 Å². The van der Waals surface area contributed by atoms with Crippen molar-refractivity contribution in [1.82, 2.24) is 5.32 Å². The number of hydrogen-bond donors (Lipinski definition) is 1. The van der Waals surface area contributed by atoms with Crippen molar-refractivity contribution >= 4 is 9.90 Å². The molecule has 0 rings (SSSR count). The Morgan fingerprint density at radius 2 is 1.86 bits per heavy atom. The van der Waals surface area contributed by atoms with Crippen LogP contribution in [-0.4, -0.2) is 11.6 Å². The third-order valence-corrected chi connectivity index (χ3v) is 2.13. The minimum atomic E-state index is 0. The van der Waals surface area contributed by atoms with Gasteiger partial charge in [0.05, 0.1) is 0 Å². The predicted molar refractivity (Wildman–Crippen MR) is 72.0 cm³/mol. The Kier molecular flexibility index (Phi) is 9.55. The second-order valence-electron chi connectivity index (χ2n) is 4.18. The maximum absolute atomic E-state index is 3.80. The Morgan fingerprint density at radius 3 is 2.21 bits per heavy atom. The normalized spacial score (nSPS) is 14.3. The first kappa shape index (κ1) is 16.3. The number of hydrogen-bond acceptors (Lipinski definition) is 1. The molecule has 0 amide bonds. The molecule has 0 spiro atoms. The molecule has 2 atom stereocenters. The van der Waals surface area contributed by atoms with Gasteiger partial charge in [-0.1, -0.05) is 26.0 Å². The molecule has 0 aliphatic heterocycles. The molecule has 0 fully saturated rings. The molecule has 0 saturated heterocycles. The summed E-state index contributed by atoms with van der Waals surface area (Å²) >= 11 is 0. The molecule has 0 aromatic carbocycles. The van der Waals surface area contributed by atoms with Gasteiger partial charge in [0.2, 0.25) is 0 Å². The van der Waals surface area contributed by atoms with Gasteiger partial charge in [-0.05, 0) is 26.2 Å². The third kappa shape index (κ3) is 7.29. The lowest BCUT2D eigenvalue weighted by Gasteiger charge is -2.32. The maximum atomic E-state index is 3.80. The molecule has 0 aliphatic carbocycles. The summed E-state index contributed by atoms with van der Waals surface area (Å²) in [6.07, 6.45) is 7.16. The van der Waals surface area contributed by atoms with Crippen LogP contribution in [0.15, 0.2) is 25.3 Å². The first-order valence-electron chi connectivity index (χ1n) is 5.03. The van der Waals surface area contributed by atoms with Gasteiger partial charge in [-0.2, -0.15) is 9.90 Å². The smallest absolute Gasteiger partial charge is 0.0192 e. The molecule has 0 heterocycles. The molecular formula is C12H26NP. The number of rotatable bonds is 7.